The fraction of sp³-hybridized carbons (Fsp3) is 0.162. The minimum atomic E-state index is -0.509. The molecule has 1 heterocycles. The van der Waals surface area contributed by atoms with Gasteiger partial charge in [0.25, 0.3) is 0 Å². The van der Waals surface area contributed by atoms with Crippen molar-refractivity contribution < 1.29 is 23.9 Å². The fourth-order valence-electron chi connectivity index (χ4n) is 4.71. The zero-order valence-electron chi connectivity index (χ0n) is 24.8. The molecule has 0 fully saturated rings. The van der Waals surface area contributed by atoms with Gasteiger partial charge < -0.3 is 19.9 Å². The largest absolute Gasteiger partial charge is 0.846 e. The smallest absolute Gasteiger partial charge is 0.343 e. The topological polar surface area (TPSA) is 86.9 Å². The molecule has 222 valence electrons. The number of amidine groups is 1. The summed E-state index contributed by atoms with van der Waals surface area (Å²) in [6.07, 6.45) is 3.19. The summed E-state index contributed by atoms with van der Waals surface area (Å²) in [5, 5.41) is 15.4. The van der Waals surface area contributed by atoms with E-state index in [1.807, 2.05) is 116 Å². The van der Waals surface area contributed by atoms with Gasteiger partial charge >= 0.3 is 12.2 Å². The lowest BCUT2D eigenvalue weighted by Crippen LogP contribution is -2.44. The summed E-state index contributed by atoms with van der Waals surface area (Å²) in [5.41, 5.74) is 5.06. The van der Waals surface area contributed by atoms with Crippen LogP contribution in [-0.4, -0.2) is 12.0 Å². The van der Waals surface area contributed by atoms with Crippen molar-refractivity contribution in [3.05, 3.63) is 150 Å². The van der Waals surface area contributed by atoms with Crippen molar-refractivity contribution in [1.82, 2.24) is 0 Å². The number of esters is 1. The van der Waals surface area contributed by atoms with Gasteiger partial charge in [-0.3, -0.25) is 4.99 Å². The van der Waals surface area contributed by atoms with Crippen LogP contribution in [0.25, 0.3) is 11.1 Å². The molecular formula is C37H35N3O4. The predicted octanol–water partition coefficient (Wildman–Crippen LogP) is 6.56. The lowest BCUT2D eigenvalue weighted by atomic mass is 10.0. The Kier molecular flexibility index (Phi) is 10.0. The summed E-state index contributed by atoms with van der Waals surface area (Å²) in [6, 6.07) is 37.8. The molecule has 1 atom stereocenters. The van der Waals surface area contributed by atoms with Gasteiger partial charge in [0.05, 0.1) is 24.0 Å². The molecule has 1 N–H and O–H groups in total. The number of hydrogen-bond donors (Lipinski definition) is 1. The van der Waals surface area contributed by atoms with E-state index in [9.17, 15) is 9.90 Å². The Morgan fingerprint density at radius 2 is 1.50 bits per heavy atom. The maximum Gasteiger partial charge on any atom is 0.343 e. The van der Waals surface area contributed by atoms with Crippen LogP contribution in [0.3, 0.4) is 0 Å². The Hall–Kier alpha value is -5.43. The average molecular weight is 586 g/mol. The van der Waals surface area contributed by atoms with Crippen molar-refractivity contribution in [2.75, 3.05) is 5.32 Å². The first-order valence-electron chi connectivity index (χ1n) is 14.6. The number of aliphatic imine (C=N–C) groups is 1. The normalized spacial score (nSPS) is 12.0. The van der Waals surface area contributed by atoms with Crippen LogP contribution in [0, 0.1) is 5.92 Å². The van der Waals surface area contributed by atoms with Gasteiger partial charge in [-0.15, -0.1) is 0 Å². The van der Waals surface area contributed by atoms with Crippen LogP contribution < -0.4 is 19.7 Å². The number of rotatable bonds is 11. The second-order valence-electron chi connectivity index (χ2n) is 10.7. The van der Waals surface area contributed by atoms with Crippen LogP contribution in [0.1, 0.15) is 41.6 Å². The quantitative estimate of drug-likeness (QED) is 0.0821. The Balaban J connectivity index is 1.17. The number of ether oxygens (including phenoxy) is 2. The number of anilines is 1. The van der Waals surface area contributed by atoms with Crippen molar-refractivity contribution in [2.45, 2.75) is 33.2 Å². The van der Waals surface area contributed by atoms with Crippen LogP contribution in [-0.2, 0) is 17.9 Å². The summed E-state index contributed by atoms with van der Waals surface area (Å²) in [4.78, 5) is 16.9. The zero-order chi connectivity index (χ0) is 30.7. The molecular weight excluding hydrogens is 550 g/mol. The molecule has 5 rings (SSSR count). The van der Waals surface area contributed by atoms with Gasteiger partial charge in [-0.1, -0.05) is 92.7 Å². The van der Waals surface area contributed by atoms with E-state index in [-0.39, 0.29) is 18.4 Å². The van der Waals surface area contributed by atoms with Gasteiger partial charge in [-0.2, -0.15) is 4.57 Å². The third-order valence-electron chi connectivity index (χ3n) is 6.96. The molecule has 4 aromatic carbocycles. The van der Waals surface area contributed by atoms with Gasteiger partial charge in [-0.05, 0) is 47.5 Å². The van der Waals surface area contributed by atoms with E-state index in [4.69, 9.17) is 9.47 Å². The molecule has 0 aliphatic heterocycles. The molecule has 0 saturated heterocycles. The summed E-state index contributed by atoms with van der Waals surface area (Å²) < 4.78 is 13.8. The monoisotopic (exact) mass is 585 g/mol. The van der Waals surface area contributed by atoms with E-state index >= 15 is 0 Å². The number of carbonyl (C=O) groups is 1. The van der Waals surface area contributed by atoms with Gasteiger partial charge in [0.1, 0.15) is 12.4 Å². The summed E-state index contributed by atoms with van der Waals surface area (Å²) >= 11 is 0. The molecule has 0 aliphatic carbocycles. The van der Waals surface area contributed by atoms with E-state index < -0.39 is 12.2 Å². The molecule has 0 saturated carbocycles. The SMILES string of the molecule is CC(C)C(OC(=O)c1ccccc1)[n+]1cccc(CN=C([O-])Nc2ccc(COc3ccccc3-c3ccccc3)cc2)c1. The molecule has 44 heavy (non-hydrogen) atoms. The lowest BCUT2D eigenvalue weighted by Gasteiger charge is -2.17. The number of pyridine rings is 1. The van der Waals surface area contributed by atoms with Crippen LogP contribution >= 0.6 is 0 Å². The number of aromatic nitrogens is 1. The molecule has 1 aromatic heterocycles. The number of para-hydroxylation sites is 1. The summed E-state index contributed by atoms with van der Waals surface area (Å²) in [6.45, 7) is 4.55. The number of nitrogens with one attached hydrogen (secondary N) is 1. The Labute approximate surface area is 258 Å². The zero-order valence-corrected chi connectivity index (χ0v) is 24.8. The van der Waals surface area contributed by atoms with Crippen LogP contribution in [0.15, 0.2) is 139 Å². The van der Waals surface area contributed by atoms with Crippen molar-refractivity contribution in [2.24, 2.45) is 10.9 Å². The number of carbonyl (C=O) groups excluding carboxylic acids is 1. The van der Waals surface area contributed by atoms with Crippen LogP contribution in [0.4, 0.5) is 5.69 Å². The van der Waals surface area contributed by atoms with E-state index in [2.05, 4.69) is 22.4 Å². The fourth-order valence-corrected chi connectivity index (χ4v) is 4.71. The molecule has 5 aromatic rings. The number of hydrogen-bond acceptors (Lipinski definition) is 5. The maximum atomic E-state index is 12.7. The minimum Gasteiger partial charge on any atom is -0.846 e. The lowest BCUT2D eigenvalue weighted by molar-refractivity contribution is -0.763. The number of benzene rings is 4. The highest BCUT2D eigenvalue weighted by atomic mass is 16.6. The molecule has 0 amide bonds. The van der Waals surface area contributed by atoms with Gasteiger partial charge in [0.15, 0.2) is 12.4 Å². The van der Waals surface area contributed by atoms with Gasteiger partial charge in [0.2, 0.25) is 0 Å². The van der Waals surface area contributed by atoms with Crippen molar-refractivity contribution in [3.8, 4) is 16.9 Å². The van der Waals surface area contributed by atoms with E-state index in [0.29, 0.717) is 17.9 Å². The first-order chi connectivity index (χ1) is 21.5. The summed E-state index contributed by atoms with van der Waals surface area (Å²) in [5.74, 6) is 0.446. The van der Waals surface area contributed by atoms with Gasteiger partial charge in [-0.25, -0.2) is 4.79 Å². The molecule has 7 heteroatoms. The first-order valence-corrected chi connectivity index (χ1v) is 14.6. The second kappa shape index (κ2) is 14.6. The van der Waals surface area contributed by atoms with Crippen molar-refractivity contribution >= 4 is 17.7 Å². The Bertz CT molecular complexity index is 1690. The third kappa shape index (κ3) is 8.10. The standard InChI is InChI=1S/C37H35N3O4/c1-27(2)35(44-36(41)31-15-7-4-8-16-31)40-23-11-12-29(25-40)24-38-37(42)39-32-21-19-28(20-22-32)26-43-34-18-10-9-17-33(34)30-13-5-3-6-14-30/h3-23,25,27,35H,24,26H2,1-2H3,(H-,38,39,42). The molecule has 0 bridgehead atoms. The maximum absolute atomic E-state index is 12.7. The van der Waals surface area contributed by atoms with Crippen LogP contribution in [0.5, 0.6) is 5.75 Å². The highest BCUT2D eigenvalue weighted by molar-refractivity contribution is 5.89. The third-order valence-corrected chi connectivity index (χ3v) is 6.96. The Morgan fingerprint density at radius 1 is 0.818 bits per heavy atom. The molecule has 0 radical (unpaired) electrons. The highest BCUT2D eigenvalue weighted by Crippen LogP contribution is 2.30. The van der Waals surface area contributed by atoms with Crippen molar-refractivity contribution in [3.63, 3.8) is 0 Å². The molecule has 0 spiro atoms. The molecule has 0 aliphatic rings. The van der Waals surface area contributed by atoms with Gasteiger partial charge in [0, 0.05) is 22.9 Å². The van der Waals surface area contributed by atoms with Crippen molar-refractivity contribution in [1.29, 1.82) is 0 Å². The Morgan fingerprint density at radius 3 is 2.23 bits per heavy atom. The molecule has 7 nitrogen and oxygen atoms in total. The first kappa shape index (κ1) is 30.0. The molecule has 1 unspecified atom stereocenters. The van der Waals surface area contributed by atoms with E-state index in [0.717, 1.165) is 28.0 Å². The van der Waals surface area contributed by atoms with Crippen LogP contribution in [0.2, 0.25) is 0 Å². The van der Waals surface area contributed by atoms with E-state index in [1.54, 1.807) is 24.3 Å². The predicted molar refractivity (Wildman–Crippen MR) is 170 cm³/mol. The minimum absolute atomic E-state index is 0.0233. The average Bonchev–Trinajstić information content (AvgIpc) is 3.07. The second-order valence-corrected chi connectivity index (χ2v) is 10.7. The highest BCUT2D eigenvalue weighted by Gasteiger charge is 2.27. The summed E-state index contributed by atoms with van der Waals surface area (Å²) in [7, 11) is 0. The van der Waals surface area contributed by atoms with E-state index in [1.165, 1.54) is 0 Å². The number of nitrogens with zero attached hydrogens (tertiary/aromatic N) is 2.